The van der Waals surface area contributed by atoms with E-state index in [9.17, 15) is 24.3 Å². The Morgan fingerprint density at radius 3 is 2.24 bits per heavy atom. The van der Waals surface area contributed by atoms with Crippen LogP contribution in [0.15, 0.2) is 24.3 Å². The number of carbonyl (C=O) groups is 4. The Balaban J connectivity index is 3.61. The Kier molecular flexibility index (Phi) is 12.2. The molecular formula is C26H41N3O7S. The summed E-state index contributed by atoms with van der Waals surface area (Å²) in [6.07, 6.45) is 1.87. The second-order valence-corrected chi connectivity index (χ2v) is 11.1. The Hall–Kier alpha value is -2.95. The molecule has 0 aliphatic rings. The first kappa shape index (κ1) is 32.1. The third-order valence-corrected chi connectivity index (χ3v) is 6.37. The molecule has 37 heavy (non-hydrogen) atoms. The van der Waals surface area contributed by atoms with Gasteiger partial charge in [0.05, 0.1) is 7.11 Å². The van der Waals surface area contributed by atoms with Gasteiger partial charge in [0.15, 0.2) is 0 Å². The van der Waals surface area contributed by atoms with E-state index in [4.69, 9.17) is 4.74 Å². The normalized spacial score (nSPS) is 13.2. The van der Waals surface area contributed by atoms with Gasteiger partial charge in [-0.25, -0.2) is 4.79 Å². The Labute approximate surface area is 223 Å². The zero-order valence-electron chi connectivity index (χ0n) is 23.0. The van der Waals surface area contributed by atoms with Crippen molar-refractivity contribution in [3.05, 3.63) is 29.8 Å². The molecule has 0 saturated carbocycles. The van der Waals surface area contributed by atoms with Gasteiger partial charge in [0.25, 0.3) is 0 Å². The molecule has 11 heteroatoms. The molecule has 10 nitrogen and oxygen atoms in total. The Morgan fingerprint density at radius 1 is 1.11 bits per heavy atom. The zero-order chi connectivity index (χ0) is 28.4. The van der Waals surface area contributed by atoms with Crippen LogP contribution in [0.4, 0.5) is 4.79 Å². The summed E-state index contributed by atoms with van der Waals surface area (Å²) in [6.45, 7) is 10.2. The van der Waals surface area contributed by atoms with Gasteiger partial charge in [-0.2, -0.15) is 11.8 Å². The summed E-state index contributed by atoms with van der Waals surface area (Å²) in [4.78, 5) is 53.4. The Morgan fingerprint density at radius 2 is 1.73 bits per heavy atom. The third-order valence-electron chi connectivity index (χ3n) is 5.73. The maximum Gasteiger partial charge on any atom is 0.408 e. The van der Waals surface area contributed by atoms with Crippen LogP contribution in [0.1, 0.15) is 66.0 Å². The summed E-state index contributed by atoms with van der Waals surface area (Å²) in [7, 11) is 1.20. The highest BCUT2D eigenvalue weighted by atomic mass is 32.2. The molecule has 0 bridgehead atoms. The molecule has 0 radical (unpaired) electrons. The second kappa shape index (κ2) is 14.1. The molecule has 0 spiro atoms. The summed E-state index contributed by atoms with van der Waals surface area (Å²) in [5, 5.41) is 15.9. The monoisotopic (exact) mass is 539 g/mol. The molecule has 0 fully saturated rings. The lowest BCUT2D eigenvalue weighted by molar-refractivity contribution is -0.150. The molecular weight excluding hydrogens is 498 g/mol. The molecule has 2 atom stereocenters. The number of hydrogen-bond donors (Lipinski definition) is 3. The molecule has 1 aromatic carbocycles. The first-order valence-electron chi connectivity index (χ1n) is 12.1. The number of esters is 1. The summed E-state index contributed by atoms with van der Waals surface area (Å²) in [5.74, 6) is -1.49. The average molecular weight is 540 g/mol. The number of alkyl carbamates (subject to hydrolysis) is 1. The minimum absolute atomic E-state index is 0.181. The molecule has 0 heterocycles. The number of benzene rings is 1. The van der Waals surface area contributed by atoms with Crippen molar-refractivity contribution in [2.75, 3.05) is 25.7 Å². The van der Waals surface area contributed by atoms with E-state index in [2.05, 4.69) is 15.4 Å². The molecule has 208 valence electrons. The van der Waals surface area contributed by atoms with Gasteiger partial charge in [0.2, 0.25) is 11.8 Å². The third kappa shape index (κ3) is 9.79. The van der Waals surface area contributed by atoms with E-state index in [1.807, 2.05) is 13.2 Å². The predicted octanol–water partition coefficient (Wildman–Crippen LogP) is 3.39. The van der Waals surface area contributed by atoms with Crippen LogP contribution in [-0.2, 0) is 23.9 Å². The zero-order valence-corrected chi connectivity index (χ0v) is 23.9. The summed E-state index contributed by atoms with van der Waals surface area (Å²) < 4.78 is 10.0. The number of para-hydroxylation sites is 1. The quantitative estimate of drug-likeness (QED) is 0.344. The molecule has 0 aromatic heterocycles. The first-order valence-corrected chi connectivity index (χ1v) is 13.5. The number of nitrogens with zero attached hydrogens (tertiary/aromatic N) is 1. The van der Waals surface area contributed by atoms with E-state index in [0.717, 1.165) is 0 Å². The number of carbonyl (C=O) groups excluding carboxylic acids is 4. The topological polar surface area (TPSA) is 134 Å². The SMILES string of the molecule is CCC(C)(C)N(C(=O)C(CCSC)NC(=O)OC(C)(C)C)C(C(=O)NCC(=O)OC)c1ccccc1O. The van der Waals surface area contributed by atoms with Gasteiger partial charge in [0, 0.05) is 11.1 Å². The number of rotatable bonds is 12. The van der Waals surface area contributed by atoms with Gasteiger partial charge in [-0.05, 0) is 65.5 Å². The van der Waals surface area contributed by atoms with E-state index >= 15 is 0 Å². The van der Waals surface area contributed by atoms with Gasteiger partial charge in [0.1, 0.15) is 30.0 Å². The van der Waals surface area contributed by atoms with E-state index in [0.29, 0.717) is 12.2 Å². The smallest absolute Gasteiger partial charge is 0.408 e. The van der Waals surface area contributed by atoms with Gasteiger partial charge >= 0.3 is 12.1 Å². The van der Waals surface area contributed by atoms with Crippen LogP contribution in [0, 0.1) is 0 Å². The summed E-state index contributed by atoms with van der Waals surface area (Å²) in [6, 6.07) is 3.90. The van der Waals surface area contributed by atoms with Crippen LogP contribution < -0.4 is 10.6 Å². The first-order chi connectivity index (χ1) is 17.2. The highest BCUT2D eigenvalue weighted by molar-refractivity contribution is 7.98. The molecule has 0 aliphatic carbocycles. The second-order valence-electron chi connectivity index (χ2n) is 10.1. The fourth-order valence-corrected chi connectivity index (χ4v) is 3.97. The number of methoxy groups -OCH3 is 1. The van der Waals surface area contributed by atoms with Crippen molar-refractivity contribution < 1.29 is 33.8 Å². The van der Waals surface area contributed by atoms with Crippen LogP contribution >= 0.6 is 11.8 Å². The minimum atomic E-state index is -1.30. The minimum Gasteiger partial charge on any atom is -0.508 e. The number of phenols is 1. The lowest BCUT2D eigenvalue weighted by atomic mass is 9.91. The molecule has 0 aliphatic heterocycles. The highest BCUT2D eigenvalue weighted by Gasteiger charge is 2.43. The van der Waals surface area contributed by atoms with Crippen LogP contribution in [-0.4, -0.2) is 76.7 Å². The van der Waals surface area contributed by atoms with Gasteiger partial charge in [-0.15, -0.1) is 0 Å². The van der Waals surface area contributed by atoms with E-state index < -0.39 is 53.6 Å². The maximum atomic E-state index is 14.2. The predicted molar refractivity (Wildman–Crippen MR) is 143 cm³/mol. The number of thioether (sulfide) groups is 1. The van der Waals surface area contributed by atoms with Crippen molar-refractivity contribution in [2.24, 2.45) is 0 Å². The van der Waals surface area contributed by atoms with Crippen LogP contribution in [0.25, 0.3) is 0 Å². The standard InChI is InChI=1S/C26H41N3O7S/c1-9-26(5,6)29(23(33)18(14-15-37-8)28-24(34)36-25(2,3)4)21(17-12-10-11-13-19(17)30)22(32)27-16-20(31)35-7/h10-13,18,21,30H,9,14-16H2,1-8H3,(H,27,32)(H,28,34). The molecule has 1 rings (SSSR count). The van der Waals surface area contributed by atoms with Gasteiger partial charge in [-0.3, -0.25) is 14.4 Å². The van der Waals surface area contributed by atoms with Crippen molar-refractivity contribution in [3.8, 4) is 5.75 Å². The van der Waals surface area contributed by atoms with E-state index in [1.54, 1.807) is 52.8 Å². The van der Waals surface area contributed by atoms with E-state index in [-0.39, 0.29) is 17.7 Å². The number of ether oxygens (including phenoxy) is 2. The number of hydrogen-bond acceptors (Lipinski definition) is 8. The summed E-state index contributed by atoms with van der Waals surface area (Å²) >= 11 is 1.51. The van der Waals surface area contributed by atoms with Gasteiger partial charge < -0.3 is 30.1 Å². The van der Waals surface area contributed by atoms with Crippen LogP contribution in [0.3, 0.4) is 0 Å². The fraction of sp³-hybridized carbons (Fsp3) is 0.615. The van der Waals surface area contributed by atoms with Crippen LogP contribution in [0.2, 0.25) is 0 Å². The van der Waals surface area contributed by atoms with E-state index in [1.165, 1.54) is 29.8 Å². The largest absolute Gasteiger partial charge is 0.508 e. The molecule has 3 amide bonds. The molecule has 1 aromatic rings. The van der Waals surface area contributed by atoms with Crippen molar-refractivity contribution >= 4 is 35.6 Å². The molecule has 3 N–H and O–H groups in total. The molecule has 0 saturated heterocycles. The van der Waals surface area contributed by atoms with Crippen LogP contribution in [0.5, 0.6) is 5.75 Å². The maximum absolute atomic E-state index is 14.2. The highest BCUT2D eigenvalue weighted by Crippen LogP contribution is 2.36. The van der Waals surface area contributed by atoms with Crippen molar-refractivity contribution in [2.45, 2.75) is 77.6 Å². The fourth-order valence-electron chi connectivity index (χ4n) is 3.50. The Bertz CT molecular complexity index is 946. The average Bonchev–Trinajstić information content (AvgIpc) is 2.82. The summed E-state index contributed by atoms with van der Waals surface area (Å²) in [5.41, 5.74) is -1.48. The lowest BCUT2D eigenvalue weighted by Crippen LogP contribution is -2.59. The number of aromatic hydroxyl groups is 1. The lowest BCUT2D eigenvalue weighted by Gasteiger charge is -2.44. The number of nitrogens with one attached hydrogen (secondary N) is 2. The number of phenolic OH excluding ortho intramolecular Hbond substituents is 1. The van der Waals surface area contributed by atoms with Crippen molar-refractivity contribution in [3.63, 3.8) is 0 Å². The van der Waals surface area contributed by atoms with Crippen molar-refractivity contribution in [1.82, 2.24) is 15.5 Å². The molecule has 2 unspecified atom stereocenters. The van der Waals surface area contributed by atoms with Crippen molar-refractivity contribution in [1.29, 1.82) is 0 Å². The number of amides is 3. The van der Waals surface area contributed by atoms with Gasteiger partial charge in [-0.1, -0.05) is 25.1 Å².